The van der Waals surface area contributed by atoms with Crippen LogP contribution in [0.15, 0.2) is 53.4 Å². The van der Waals surface area contributed by atoms with E-state index in [-0.39, 0.29) is 22.2 Å². The molecule has 8 heteroatoms. The van der Waals surface area contributed by atoms with Crippen LogP contribution in [0.5, 0.6) is 0 Å². The summed E-state index contributed by atoms with van der Waals surface area (Å²) in [6.45, 7) is 0.347. The molecule has 0 aliphatic carbocycles. The lowest BCUT2D eigenvalue weighted by Crippen LogP contribution is -2.27. The molecule has 134 valence electrons. The number of hydrogen-bond acceptors (Lipinski definition) is 4. The first-order valence-corrected chi connectivity index (χ1v) is 8.94. The summed E-state index contributed by atoms with van der Waals surface area (Å²) < 4.78 is 38.0. The molecular weight excluding hydrogens is 347 g/mol. The minimum absolute atomic E-state index is 0.0389. The van der Waals surface area contributed by atoms with Crippen molar-refractivity contribution < 1.29 is 22.4 Å². The first-order chi connectivity index (χ1) is 11.8. The number of hydrogen-bond donors (Lipinski definition) is 1. The van der Waals surface area contributed by atoms with Crippen LogP contribution in [0.4, 0.5) is 4.39 Å². The average Bonchev–Trinajstić information content (AvgIpc) is 2.62. The second kappa shape index (κ2) is 8.19. The van der Waals surface area contributed by atoms with Gasteiger partial charge in [0.15, 0.2) is 0 Å². The second-order valence-corrected chi connectivity index (χ2v) is 7.19. The van der Waals surface area contributed by atoms with Crippen molar-refractivity contribution in [1.29, 1.82) is 0 Å². The van der Waals surface area contributed by atoms with E-state index in [1.165, 1.54) is 50.6 Å². The maximum atomic E-state index is 12.8. The number of carbonyl (C=O) groups is 1. The summed E-state index contributed by atoms with van der Waals surface area (Å²) in [5.74, 6) is -0.703. The van der Waals surface area contributed by atoms with Gasteiger partial charge in [-0.3, -0.25) is 9.63 Å². The van der Waals surface area contributed by atoms with E-state index in [1.807, 2.05) is 0 Å². The monoisotopic (exact) mass is 366 g/mol. The van der Waals surface area contributed by atoms with Crippen molar-refractivity contribution in [2.45, 2.75) is 11.3 Å². The van der Waals surface area contributed by atoms with Gasteiger partial charge in [-0.2, -0.15) is 0 Å². The zero-order chi connectivity index (χ0) is 18.4. The van der Waals surface area contributed by atoms with Crippen molar-refractivity contribution in [2.24, 2.45) is 0 Å². The van der Waals surface area contributed by atoms with Gasteiger partial charge in [0.25, 0.3) is 15.9 Å². The van der Waals surface area contributed by atoms with E-state index in [0.29, 0.717) is 13.0 Å². The molecule has 0 spiro atoms. The Balaban J connectivity index is 2.02. The van der Waals surface area contributed by atoms with Crippen molar-refractivity contribution in [1.82, 2.24) is 9.79 Å². The number of halogens is 1. The van der Waals surface area contributed by atoms with Crippen molar-refractivity contribution in [2.75, 3.05) is 20.7 Å². The molecule has 1 amide bonds. The molecule has 2 aromatic carbocycles. The Morgan fingerprint density at radius 1 is 1.20 bits per heavy atom. The molecule has 0 saturated carbocycles. The minimum Gasteiger partial charge on any atom is -0.352 e. The molecule has 0 aromatic heterocycles. The summed E-state index contributed by atoms with van der Waals surface area (Å²) in [6.07, 6.45) is 0.538. The quantitative estimate of drug-likeness (QED) is 0.761. The summed E-state index contributed by atoms with van der Waals surface area (Å²) in [5, 5.41) is 2.71. The van der Waals surface area contributed by atoms with E-state index in [9.17, 15) is 17.6 Å². The highest BCUT2D eigenvalue weighted by Gasteiger charge is 2.21. The average molecular weight is 366 g/mol. The van der Waals surface area contributed by atoms with Crippen LogP contribution in [0.25, 0.3) is 0 Å². The van der Waals surface area contributed by atoms with Gasteiger partial charge in [-0.05, 0) is 42.3 Å². The Morgan fingerprint density at radius 2 is 1.88 bits per heavy atom. The highest BCUT2D eigenvalue weighted by Crippen LogP contribution is 2.16. The largest absolute Gasteiger partial charge is 0.352 e. The molecule has 0 radical (unpaired) electrons. The van der Waals surface area contributed by atoms with Gasteiger partial charge in [-0.1, -0.05) is 22.7 Å². The highest BCUT2D eigenvalue weighted by molar-refractivity contribution is 7.89. The van der Waals surface area contributed by atoms with E-state index in [0.717, 1.165) is 10.0 Å². The van der Waals surface area contributed by atoms with Crippen LogP contribution in [-0.2, 0) is 21.3 Å². The molecule has 25 heavy (non-hydrogen) atoms. The van der Waals surface area contributed by atoms with Gasteiger partial charge in [0.1, 0.15) is 5.82 Å². The van der Waals surface area contributed by atoms with Gasteiger partial charge < -0.3 is 5.32 Å². The fourth-order valence-electron chi connectivity index (χ4n) is 2.12. The lowest BCUT2D eigenvalue weighted by Gasteiger charge is -2.14. The van der Waals surface area contributed by atoms with Crippen LogP contribution in [0.2, 0.25) is 0 Å². The van der Waals surface area contributed by atoms with Crippen LogP contribution in [0.3, 0.4) is 0 Å². The highest BCUT2D eigenvalue weighted by atomic mass is 32.2. The Morgan fingerprint density at radius 3 is 2.52 bits per heavy atom. The van der Waals surface area contributed by atoms with Crippen LogP contribution < -0.4 is 5.32 Å². The summed E-state index contributed by atoms with van der Waals surface area (Å²) in [7, 11) is -1.31. The maximum Gasteiger partial charge on any atom is 0.264 e. The van der Waals surface area contributed by atoms with E-state index >= 15 is 0 Å². The second-order valence-electron chi connectivity index (χ2n) is 5.26. The topological polar surface area (TPSA) is 75.7 Å². The van der Waals surface area contributed by atoms with Crippen molar-refractivity contribution in [3.63, 3.8) is 0 Å². The molecule has 0 atom stereocenters. The van der Waals surface area contributed by atoms with Crippen LogP contribution >= 0.6 is 0 Å². The standard InChI is InChI=1S/C17H19FN2O4S/c1-20(24-2)25(22,23)16-5-3-4-14(12-16)17(21)19-11-10-13-6-8-15(18)9-7-13/h3-9,12H,10-11H2,1-2H3,(H,19,21). The molecule has 0 aliphatic heterocycles. The van der Waals surface area contributed by atoms with Crippen LogP contribution in [0.1, 0.15) is 15.9 Å². The third-order valence-electron chi connectivity index (χ3n) is 3.60. The molecule has 1 N–H and O–H groups in total. The Bertz CT molecular complexity index is 838. The van der Waals surface area contributed by atoms with Crippen LogP contribution in [-0.4, -0.2) is 39.5 Å². The molecule has 0 aliphatic rings. The maximum absolute atomic E-state index is 12.8. The fraction of sp³-hybridized carbons (Fsp3) is 0.235. The molecule has 0 unspecified atom stereocenters. The van der Waals surface area contributed by atoms with Crippen molar-refractivity contribution in [3.05, 3.63) is 65.5 Å². The normalized spacial score (nSPS) is 11.5. The third kappa shape index (κ3) is 4.85. The smallest absolute Gasteiger partial charge is 0.264 e. The third-order valence-corrected chi connectivity index (χ3v) is 5.28. The molecular formula is C17H19FN2O4S. The number of nitrogens with one attached hydrogen (secondary N) is 1. The lowest BCUT2D eigenvalue weighted by atomic mass is 10.1. The summed E-state index contributed by atoms with van der Waals surface area (Å²) >= 11 is 0. The first kappa shape index (κ1) is 19.0. The molecule has 0 saturated heterocycles. The van der Waals surface area contributed by atoms with E-state index < -0.39 is 10.0 Å². The van der Waals surface area contributed by atoms with Gasteiger partial charge in [-0.15, -0.1) is 0 Å². The predicted octanol–water partition coefficient (Wildman–Crippen LogP) is 1.98. The first-order valence-electron chi connectivity index (χ1n) is 7.50. The summed E-state index contributed by atoms with van der Waals surface area (Å²) in [6, 6.07) is 11.7. The molecule has 0 bridgehead atoms. The van der Waals surface area contributed by atoms with E-state index in [2.05, 4.69) is 5.32 Å². The van der Waals surface area contributed by atoms with E-state index in [1.54, 1.807) is 12.1 Å². The number of sulfonamides is 1. The fourth-order valence-corrected chi connectivity index (χ4v) is 3.14. The number of carbonyl (C=O) groups excluding carboxylic acids is 1. The molecule has 0 fully saturated rings. The molecule has 2 aromatic rings. The Kier molecular flexibility index (Phi) is 6.24. The van der Waals surface area contributed by atoms with Gasteiger partial charge in [0.2, 0.25) is 0 Å². The Labute approximate surface area is 146 Å². The SMILES string of the molecule is CON(C)S(=O)(=O)c1cccc(C(=O)NCCc2ccc(F)cc2)c1. The minimum atomic E-state index is -3.82. The van der Waals surface area contributed by atoms with Gasteiger partial charge >= 0.3 is 0 Å². The van der Waals surface area contributed by atoms with Crippen molar-refractivity contribution >= 4 is 15.9 Å². The number of rotatable bonds is 7. The number of benzene rings is 2. The molecule has 6 nitrogen and oxygen atoms in total. The Hall–Kier alpha value is -2.29. The van der Waals surface area contributed by atoms with Gasteiger partial charge in [-0.25, -0.2) is 12.8 Å². The summed E-state index contributed by atoms with van der Waals surface area (Å²) in [4.78, 5) is 16.9. The number of hydroxylamine groups is 1. The van der Waals surface area contributed by atoms with Crippen molar-refractivity contribution in [3.8, 4) is 0 Å². The summed E-state index contributed by atoms with van der Waals surface area (Å²) in [5.41, 5.74) is 1.12. The predicted molar refractivity (Wildman–Crippen MR) is 90.8 cm³/mol. The lowest BCUT2D eigenvalue weighted by molar-refractivity contribution is -0.0258. The van der Waals surface area contributed by atoms with Crippen LogP contribution in [0, 0.1) is 5.82 Å². The molecule has 0 heterocycles. The van der Waals surface area contributed by atoms with E-state index in [4.69, 9.17) is 4.84 Å². The zero-order valence-corrected chi connectivity index (χ0v) is 14.7. The number of nitrogens with zero attached hydrogens (tertiary/aromatic N) is 1. The van der Waals surface area contributed by atoms with Gasteiger partial charge in [0, 0.05) is 19.2 Å². The zero-order valence-electron chi connectivity index (χ0n) is 13.9. The molecule has 2 rings (SSSR count). The van der Waals surface area contributed by atoms with Gasteiger partial charge in [0.05, 0.1) is 12.0 Å². The number of amides is 1.